The van der Waals surface area contributed by atoms with Crippen LogP contribution in [0.2, 0.25) is 0 Å². The van der Waals surface area contributed by atoms with Crippen LogP contribution >= 0.6 is 23.5 Å². The number of amides is 1. The van der Waals surface area contributed by atoms with Gasteiger partial charge in [-0.1, -0.05) is 18.7 Å². The van der Waals surface area contributed by atoms with E-state index in [0.29, 0.717) is 34.8 Å². The number of nitrogens with one attached hydrogen (secondary N) is 1. The molecule has 0 saturated heterocycles. The van der Waals surface area contributed by atoms with E-state index in [1.54, 1.807) is 47.5 Å². The van der Waals surface area contributed by atoms with Crippen molar-refractivity contribution >= 4 is 41.1 Å². The number of hydrogen-bond donors (Lipinski definition) is 1. The van der Waals surface area contributed by atoms with Crippen molar-refractivity contribution in [3.05, 3.63) is 45.9 Å². The Balaban J connectivity index is 1.64. The van der Waals surface area contributed by atoms with Gasteiger partial charge in [0.15, 0.2) is 5.16 Å². The monoisotopic (exact) mass is 433 g/mol. The lowest BCUT2D eigenvalue weighted by Gasteiger charge is -2.11. The van der Waals surface area contributed by atoms with Crippen molar-refractivity contribution < 1.29 is 14.3 Å². The minimum absolute atomic E-state index is 0.0238. The number of carbonyl (C=O) groups is 2. The molecule has 1 amide bonds. The number of rotatable bonds is 7. The molecule has 1 aromatic carbocycles. The minimum Gasteiger partial charge on any atom is -0.462 e. The fraction of sp³-hybridized carbons (Fsp3) is 0.400. The first kappa shape index (κ1) is 21.4. The molecule has 29 heavy (non-hydrogen) atoms. The van der Waals surface area contributed by atoms with Gasteiger partial charge in [0, 0.05) is 23.9 Å². The molecule has 1 N–H and O–H groups in total. The summed E-state index contributed by atoms with van der Waals surface area (Å²) in [6, 6.07) is 6.53. The molecular weight excluding hydrogens is 410 g/mol. The molecule has 7 nitrogen and oxygen atoms in total. The van der Waals surface area contributed by atoms with Crippen molar-refractivity contribution in [3.63, 3.8) is 0 Å². The molecule has 1 aliphatic heterocycles. The van der Waals surface area contributed by atoms with Crippen LogP contribution in [0.15, 0.2) is 39.1 Å². The Morgan fingerprint density at radius 1 is 1.31 bits per heavy atom. The molecule has 2 heterocycles. The van der Waals surface area contributed by atoms with Gasteiger partial charge in [0.25, 0.3) is 5.56 Å². The van der Waals surface area contributed by atoms with E-state index in [1.807, 2.05) is 6.92 Å². The molecule has 3 rings (SSSR count). The Bertz CT molecular complexity index is 973. The Morgan fingerprint density at radius 2 is 2.03 bits per heavy atom. The molecule has 0 spiro atoms. The van der Waals surface area contributed by atoms with Crippen LogP contribution in [-0.4, -0.2) is 39.0 Å². The topological polar surface area (TPSA) is 90.3 Å². The van der Waals surface area contributed by atoms with E-state index >= 15 is 0 Å². The summed E-state index contributed by atoms with van der Waals surface area (Å²) in [5, 5.41) is 3.70. The van der Waals surface area contributed by atoms with Gasteiger partial charge in [0.05, 0.1) is 28.5 Å². The van der Waals surface area contributed by atoms with Crippen molar-refractivity contribution in [1.29, 1.82) is 0 Å². The summed E-state index contributed by atoms with van der Waals surface area (Å²) in [6.07, 6.45) is 0.770. The SMILES string of the molecule is CCOC(=O)c1ccc(NC(=O)CSc2nc3c(c(=O)n2CC)S[C@H](C)C3)cc1. The van der Waals surface area contributed by atoms with Crippen molar-refractivity contribution in [3.8, 4) is 0 Å². The number of hydrogen-bond acceptors (Lipinski definition) is 7. The van der Waals surface area contributed by atoms with E-state index in [-0.39, 0.29) is 17.2 Å². The van der Waals surface area contributed by atoms with Crippen LogP contribution in [0.1, 0.15) is 36.8 Å². The molecule has 0 unspecified atom stereocenters. The first-order valence-electron chi connectivity index (χ1n) is 9.43. The molecular formula is C20H23N3O4S2. The molecule has 0 fully saturated rings. The van der Waals surface area contributed by atoms with Gasteiger partial charge in [0.1, 0.15) is 0 Å². The number of carbonyl (C=O) groups excluding carboxylic acids is 2. The van der Waals surface area contributed by atoms with E-state index in [2.05, 4.69) is 17.2 Å². The third-order valence-corrected chi connectivity index (χ3v) is 6.48. The highest BCUT2D eigenvalue weighted by Gasteiger charge is 2.26. The van der Waals surface area contributed by atoms with Gasteiger partial charge in [0.2, 0.25) is 5.91 Å². The summed E-state index contributed by atoms with van der Waals surface area (Å²) >= 11 is 2.82. The number of anilines is 1. The zero-order chi connectivity index (χ0) is 21.0. The Labute approximate surface area is 177 Å². The summed E-state index contributed by atoms with van der Waals surface area (Å²) in [5.74, 6) is -0.472. The lowest BCUT2D eigenvalue weighted by atomic mass is 10.2. The second kappa shape index (κ2) is 9.49. The highest BCUT2D eigenvalue weighted by molar-refractivity contribution is 8.00. The Kier molecular flexibility index (Phi) is 7.02. The molecule has 1 atom stereocenters. The average molecular weight is 434 g/mol. The molecule has 1 aromatic heterocycles. The fourth-order valence-electron chi connectivity index (χ4n) is 2.95. The van der Waals surface area contributed by atoms with Crippen molar-refractivity contribution in [2.75, 3.05) is 17.7 Å². The van der Waals surface area contributed by atoms with Gasteiger partial charge < -0.3 is 10.1 Å². The molecule has 2 aromatic rings. The Hall–Kier alpha value is -2.26. The van der Waals surface area contributed by atoms with Crippen molar-refractivity contribution in [1.82, 2.24) is 9.55 Å². The standard InChI is InChI=1S/C20H23N3O4S2/c1-4-23-18(25)17-15(10-12(3)29-17)22-20(23)28-11-16(24)21-14-8-6-13(7-9-14)19(26)27-5-2/h6-9,12H,4-5,10-11H2,1-3H3,(H,21,24)/t12-/m1/s1. The minimum atomic E-state index is -0.395. The summed E-state index contributed by atoms with van der Waals surface area (Å²) in [5.41, 5.74) is 1.82. The molecule has 0 radical (unpaired) electrons. The smallest absolute Gasteiger partial charge is 0.338 e. The highest BCUT2D eigenvalue weighted by atomic mass is 32.2. The predicted octanol–water partition coefficient (Wildman–Crippen LogP) is 3.21. The first-order valence-corrected chi connectivity index (χ1v) is 11.3. The number of ether oxygens (including phenoxy) is 1. The Morgan fingerprint density at radius 3 is 2.69 bits per heavy atom. The molecule has 1 aliphatic rings. The second-order valence-corrected chi connectivity index (χ2v) is 8.88. The number of esters is 1. The molecule has 154 valence electrons. The maximum atomic E-state index is 12.7. The highest BCUT2D eigenvalue weighted by Crippen LogP contribution is 2.34. The number of nitrogens with zero attached hydrogens (tertiary/aromatic N) is 2. The van der Waals surface area contributed by atoms with E-state index in [1.165, 1.54) is 11.8 Å². The fourth-order valence-corrected chi connectivity index (χ4v) is 4.95. The van der Waals surface area contributed by atoms with Crippen LogP contribution in [0.5, 0.6) is 0 Å². The third-order valence-electron chi connectivity index (χ3n) is 4.29. The molecule has 0 aliphatic carbocycles. The van der Waals surface area contributed by atoms with Gasteiger partial charge in [-0.3, -0.25) is 14.2 Å². The van der Waals surface area contributed by atoms with Crippen LogP contribution < -0.4 is 10.9 Å². The average Bonchev–Trinajstić information content (AvgIpc) is 3.08. The second-order valence-electron chi connectivity index (χ2n) is 6.49. The van der Waals surface area contributed by atoms with Gasteiger partial charge in [-0.25, -0.2) is 9.78 Å². The van der Waals surface area contributed by atoms with Crippen LogP contribution in [0.3, 0.4) is 0 Å². The number of aromatic nitrogens is 2. The number of thioether (sulfide) groups is 2. The van der Waals surface area contributed by atoms with Gasteiger partial charge in [-0.05, 0) is 38.1 Å². The lowest BCUT2D eigenvalue weighted by Crippen LogP contribution is -2.25. The summed E-state index contributed by atoms with van der Waals surface area (Å²) in [4.78, 5) is 42.1. The van der Waals surface area contributed by atoms with Crippen molar-refractivity contribution in [2.45, 2.75) is 49.0 Å². The summed E-state index contributed by atoms with van der Waals surface area (Å²) < 4.78 is 6.56. The normalized spacial score (nSPS) is 15.1. The van der Waals surface area contributed by atoms with Gasteiger partial charge in [-0.15, -0.1) is 11.8 Å². The van der Waals surface area contributed by atoms with E-state index in [4.69, 9.17) is 4.74 Å². The van der Waals surface area contributed by atoms with Crippen LogP contribution in [0.25, 0.3) is 0 Å². The number of benzene rings is 1. The largest absolute Gasteiger partial charge is 0.462 e. The quantitative estimate of drug-likeness (QED) is 0.407. The van der Waals surface area contributed by atoms with E-state index in [0.717, 1.165) is 17.0 Å². The zero-order valence-corrected chi connectivity index (χ0v) is 18.2. The maximum absolute atomic E-state index is 12.7. The lowest BCUT2D eigenvalue weighted by molar-refractivity contribution is -0.113. The summed E-state index contributed by atoms with van der Waals surface area (Å²) in [6.45, 7) is 6.54. The third kappa shape index (κ3) is 5.02. The van der Waals surface area contributed by atoms with Gasteiger partial charge in [-0.2, -0.15) is 0 Å². The molecule has 0 saturated carbocycles. The van der Waals surface area contributed by atoms with Crippen LogP contribution in [0.4, 0.5) is 5.69 Å². The summed E-state index contributed by atoms with van der Waals surface area (Å²) in [7, 11) is 0. The van der Waals surface area contributed by atoms with Crippen LogP contribution in [0, 0.1) is 0 Å². The van der Waals surface area contributed by atoms with Crippen LogP contribution in [-0.2, 0) is 22.5 Å². The van der Waals surface area contributed by atoms with E-state index < -0.39 is 5.97 Å². The van der Waals surface area contributed by atoms with Crippen molar-refractivity contribution in [2.24, 2.45) is 0 Å². The van der Waals surface area contributed by atoms with Gasteiger partial charge >= 0.3 is 5.97 Å². The molecule has 9 heteroatoms. The first-order chi connectivity index (χ1) is 13.9. The van der Waals surface area contributed by atoms with E-state index in [9.17, 15) is 14.4 Å². The zero-order valence-electron chi connectivity index (χ0n) is 16.6. The molecule has 0 bridgehead atoms. The maximum Gasteiger partial charge on any atom is 0.338 e. The number of fused-ring (bicyclic) bond motifs is 1. The predicted molar refractivity (Wildman–Crippen MR) is 115 cm³/mol.